The van der Waals surface area contributed by atoms with E-state index in [1.54, 1.807) is 11.1 Å². The molecular weight excluding hydrogens is 620 g/mol. The molecule has 4 aliphatic heterocycles. The Morgan fingerprint density at radius 1 is 1.12 bits per heavy atom. The molecule has 4 fully saturated rings. The summed E-state index contributed by atoms with van der Waals surface area (Å²) in [4.78, 5) is 43.0. The van der Waals surface area contributed by atoms with Crippen LogP contribution < -0.4 is 5.32 Å². The predicted octanol–water partition coefficient (Wildman–Crippen LogP) is 6.08. The van der Waals surface area contributed by atoms with E-state index in [1.807, 2.05) is 44.8 Å². The fraction of sp³-hybridized carbons (Fsp3) is 0.541. The Labute approximate surface area is 287 Å². The zero-order valence-electron chi connectivity index (χ0n) is 29.3. The van der Waals surface area contributed by atoms with Gasteiger partial charge in [-0.2, -0.15) is 5.10 Å². The maximum atomic E-state index is 13.4. The number of hydrogen-bond acceptors (Lipinski definition) is 8. The summed E-state index contributed by atoms with van der Waals surface area (Å²) in [6, 6.07) is 6.44. The van der Waals surface area contributed by atoms with Gasteiger partial charge in [0, 0.05) is 49.1 Å². The lowest BCUT2D eigenvalue weighted by molar-refractivity contribution is -0.0365. The van der Waals surface area contributed by atoms with Crippen molar-refractivity contribution in [3.05, 3.63) is 53.6 Å². The van der Waals surface area contributed by atoms with Gasteiger partial charge in [0.25, 0.3) is 5.91 Å². The van der Waals surface area contributed by atoms with Crippen molar-refractivity contribution in [2.45, 2.75) is 91.1 Å². The molecule has 8 rings (SSSR count). The minimum atomic E-state index is -0.578. The zero-order chi connectivity index (χ0) is 34.3. The number of rotatable bonds is 8. The minimum Gasteiger partial charge on any atom is -0.444 e. The number of aromatic nitrogens is 5. The highest BCUT2D eigenvalue weighted by Gasteiger charge is 2.35. The van der Waals surface area contributed by atoms with E-state index >= 15 is 0 Å². The molecule has 4 saturated heterocycles. The van der Waals surface area contributed by atoms with Crippen LogP contribution >= 0.6 is 0 Å². The number of carbonyl (C=O) groups is 2. The van der Waals surface area contributed by atoms with Gasteiger partial charge in [-0.1, -0.05) is 6.07 Å². The number of nitrogens with zero attached hydrogens (tertiary/aromatic N) is 6. The highest BCUT2D eigenvalue weighted by Crippen LogP contribution is 2.36. The largest absolute Gasteiger partial charge is 0.444 e. The number of carbonyl (C=O) groups excluding carboxylic acids is 2. The smallest absolute Gasteiger partial charge is 0.410 e. The van der Waals surface area contributed by atoms with E-state index in [-0.39, 0.29) is 24.3 Å². The first-order valence-electron chi connectivity index (χ1n) is 17.7. The van der Waals surface area contributed by atoms with Gasteiger partial charge in [0.2, 0.25) is 0 Å². The van der Waals surface area contributed by atoms with Crippen LogP contribution in [0.5, 0.6) is 0 Å². The minimum absolute atomic E-state index is 0.136. The molecule has 2 atom stereocenters. The van der Waals surface area contributed by atoms with Gasteiger partial charge >= 0.3 is 6.09 Å². The number of amides is 2. The van der Waals surface area contributed by atoms with Crippen LogP contribution in [0, 0.1) is 12.8 Å². The Kier molecular flexibility index (Phi) is 9.19. The first-order chi connectivity index (χ1) is 23.6. The predicted molar refractivity (Wildman–Crippen MR) is 187 cm³/mol. The maximum absolute atomic E-state index is 13.4. The Morgan fingerprint density at radius 3 is 2.63 bits per heavy atom. The van der Waals surface area contributed by atoms with Crippen LogP contribution in [0.2, 0.25) is 0 Å². The molecule has 2 bridgehead atoms. The van der Waals surface area contributed by atoms with Crippen LogP contribution in [0.4, 0.5) is 4.79 Å². The van der Waals surface area contributed by atoms with Gasteiger partial charge in [-0.15, -0.1) is 0 Å². The average Bonchev–Trinajstić information content (AvgIpc) is 3.73. The molecule has 0 radical (unpaired) electrons. The SMILES string of the molecule is CCN(Cc1cncc(-c2ccc3c(c2)c(-c2ncc(C(=O)N[C@@H]4CN5CCC4CC5)[nH]2)nn3C2CCCCO2)c1C)C(=O)OC(C)(C)C. The summed E-state index contributed by atoms with van der Waals surface area (Å²) >= 11 is 0. The number of fused-ring (bicyclic) bond motifs is 4. The second kappa shape index (κ2) is 13.5. The van der Waals surface area contributed by atoms with E-state index in [4.69, 9.17) is 14.6 Å². The summed E-state index contributed by atoms with van der Waals surface area (Å²) in [5.41, 5.74) is 5.36. The van der Waals surface area contributed by atoms with Crippen molar-refractivity contribution in [2.24, 2.45) is 5.92 Å². The highest BCUT2D eigenvalue weighted by atomic mass is 16.6. The normalized spacial score (nSPS) is 22.3. The Hall–Kier alpha value is -4.29. The van der Waals surface area contributed by atoms with Crippen molar-refractivity contribution >= 4 is 22.9 Å². The summed E-state index contributed by atoms with van der Waals surface area (Å²) in [5, 5.41) is 9.23. The molecular formula is C37H48N8O4. The van der Waals surface area contributed by atoms with Crippen LogP contribution in [0.1, 0.15) is 87.6 Å². The Bertz CT molecular complexity index is 1830. The maximum Gasteiger partial charge on any atom is 0.410 e. The Balaban J connectivity index is 1.21. The fourth-order valence-electron chi connectivity index (χ4n) is 7.41. The lowest BCUT2D eigenvalue weighted by atomic mass is 9.84. The lowest BCUT2D eigenvalue weighted by Gasteiger charge is -2.44. The monoisotopic (exact) mass is 668 g/mol. The third-order valence-corrected chi connectivity index (χ3v) is 10.2. The standard InChI is InChI=1S/C37H48N8O4/c1-6-44(36(47)49-37(3,4)5)21-26-18-38-19-28(23(26)2)25-10-11-31-27(17-25)33(42-45(31)32-9-7-8-16-48-32)34-39-20-29(40-34)35(46)41-30-22-43-14-12-24(30)13-15-43/h10-11,17-20,24,30,32H,6-9,12-16,21-22H2,1-5H3,(H,39,40)(H,41,46)/t30-,32?/m1/s1. The van der Waals surface area contributed by atoms with Crippen molar-refractivity contribution in [3.63, 3.8) is 0 Å². The molecule has 2 amide bonds. The van der Waals surface area contributed by atoms with Gasteiger partial charge in [-0.25, -0.2) is 14.5 Å². The fourth-order valence-corrected chi connectivity index (χ4v) is 7.41. The quantitative estimate of drug-likeness (QED) is 0.231. The van der Waals surface area contributed by atoms with Crippen molar-refractivity contribution in [2.75, 3.05) is 32.8 Å². The van der Waals surface area contributed by atoms with Crippen molar-refractivity contribution in [1.29, 1.82) is 0 Å². The van der Waals surface area contributed by atoms with E-state index in [9.17, 15) is 9.59 Å². The summed E-state index contributed by atoms with van der Waals surface area (Å²) in [5.74, 6) is 0.933. The third-order valence-electron chi connectivity index (χ3n) is 10.2. The lowest BCUT2D eigenvalue weighted by Crippen LogP contribution is -2.57. The third kappa shape index (κ3) is 6.94. The van der Waals surface area contributed by atoms with E-state index < -0.39 is 5.60 Å². The van der Waals surface area contributed by atoms with E-state index in [0.29, 0.717) is 42.8 Å². The van der Waals surface area contributed by atoms with Gasteiger partial charge in [-0.05, 0) is 115 Å². The molecule has 2 N–H and O–H groups in total. The molecule has 4 aromatic rings. The number of ether oxygens (including phenoxy) is 2. The van der Waals surface area contributed by atoms with Crippen LogP contribution in [0.3, 0.4) is 0 Å². The van der Waals surface area contributed by atoms with Crippen LogP contribution in [-0.4, -0.2) is 91.0 Å². The topological polar surface area (TPSA) is 130 Å². The molecule has 0 saturated carbocycles. The van der Waals surface area contributed by atoms with E-state index in [2.05, 4.69) is 50.3 Å². The van der Waals surface area contributed by atoms with Gasteiger partial charge in [0.05, 0.1) is 18.3 Å². The van der Waals surface area contributed by atoms with E-state index in [1.165, 1.54) is 0 Å². The highest BCUT2D eigenvalue weighted by molar-refractivity contribution is 5.97. The van der Waals surface area contributed by atoms with E-state index in [0.717, 1.165) is 84.9 Å². The molecule has 12 nitrogen and oxygen atoms in total. The molecule has 12 heteroatoms. The van der Waals surface area contributed by atoms with Crippen molar-refractivity contribution in [1.82, 2.24) is 39.8 Å². The molecule has 0 aliphatic carbocycles. The molecule has 1 aromatic carbocycles. The zero-order valence-corrected chi connectivity index (χ0v) is 29.3. The summed E-state index contributed by atoms with van der Waals surface area (Å²) in [6.07, 6.45) is 10.0. The molecule has 1 unspecified atom stereocenters. The second-order valence-electron chi connectivity index (χ2n) is 14.7. The van der Waals surface area contributed by atoms with Crippen molar-refractivity contribution < 1.29 is 19.1 Å². The molecule has 49 heavy (non-hydrogen) atoms. The van der Waals surface area contributed by atoms with Crippen molar-refractivity contribution in [3.8, 4) is 22.6 Å². The number of nitrogens with one attached hydrogen (secondary N) is 2. The van der Waals surface area contributed by atoms with Gasteiger partial charge in [0.15, 0.2) is 12.1 Å². The molecule has 260 valence electrons. The van der Waals surface area contributed by atoms with Crippen LogP contribution in [-0.2, 0) is 16.0 Å². The number of H-pyrrole nitrogens is 1. The number of aromatic amines is 1. The number of imidazole rings is 1. The summed E-state index contributed by atoms with van der Waals surface area (Å²) in [7, 11) is 0. The first kappa shape index (κ1) is 33.2. The summed E-state index contributed by atoms with van der Waals surface area (Å²) < 4.78 is 13.8. The van der Waals surface area contributed by atoms with Gasteiger partial charge < -0.3 is 29.6 Å². The summed E-state index contributed by atoms with van der Waals surface area (Å²) in [6.45, 7) is 14.4. The molecule has 0 spiro atoms. The Morgan fingerprint density at radius 2 is 1.94 bits per heavy atom. The van der Waals surface area contributed by atoms with Gasteiger partial charge in [-0.3, -0.25) is 9.78 Å². The number of hydrogen-bond donors (Lipinski definition) is 2. The second-order valence-corrected chi connectivity index (χ2v) is 14.7. The molecule has 7 heterocycles. The average molecular weight is 669 g/mol. The van der Waals surface area contributed by atoms with Crippen LogP contribution in [0.25, 0.3) is 33.5 Å². The van der Waals surface area contributed by atoms with Gasteiger partial charge in [0.1, 0.15) is 17.0 Å². The molecule has 3 aromatic heterocycles. The number of pyridine rings is 1. The first-order valence-corrected chi connectivity index (χ1v) is 17.7. The number of piperidine rings is 3. The van der Waals surface area contributed by atoms with Crippen LogP contribution in [0.15, 0.2) is 36.8 Å². The molecule has 4 aliphatic rings. The number of benzene rings is 1.